The Bertz CT molecular complexity index is 116. The molecule has 0 spiro atoms. The summed E-state index contributed by atoms with van der Waals surface area (Å²) in [5.74, 6) is 0. The second-order valence-electron chi connectivity index (χ2n) is 2.80. The molecule has 0 aliphatic heterocycles. The van der Waals surface area contributed by atoms with Gasteiger partial charge < -0.3 is 9.47 Å². The molecule has 0 bridgehead atoms. The molecule has 0 amide bonds. The zero-order chi connectivity index (χ0) is 9.40. The van der Waals surface area contributed by atoms with Crippen molar-refractivity contribution in [2.24, 2.45) is 0 Å². The molecule has 0 fully saturated rings. The average Bonchev–Trinajstić information content (AvgIpc) is 2.02. The van der Waals surface area contributed by atoms with Crippen molar-refractivity contribution in [3.63, 3.8) is 0 Å². The Morgan fingerprint density at radius 2 is 1.33 bits per heavy atom. The van der Waals surface area contributed by atoms with Crippen molar-refractivity contribution in [1.29, 1.82) is 0 Å². The van der Waals surface area contributed by atoms with Gasteiger partial charge in [0, 0.05) is 0 Å². The van der Waals surface area contributed by atoms with Crippen molar-refractivity contribution >= 4 is 0 Å². The third-order valence-corrected chi connectivity index (χ3v) is 1.64. The molecule has 0 aromatic heterocycles. The Hall–Kier alpha value is -0.920. The van der Waals surface area contributed by atoms with Crippen LogP contribution >= 0.6 is 0 Å². The highest BCUT2D eigenvalue weighted by Crippen LogP contribution is 2.07. The lowest BCUT2D eigenvalue weighted by molar-refractivity contribution is 0.108. The maximum absolute atomic E-state index is 5.15. The molecule has 0 aliphatic carbocycles. The average molecular weight is 170 g/mol. The first kappa shape index (κ1) is 11.1. The summed E-state index contributed by atoms with van der Waals surface area (Å²) >= 11 is 0. The lowest BCUT2D eigenvalue weighted by Gasteiger charge is -2.14. The van der Waals surface area contributed by atoms with Gasteiger partial charge in [-0.3, -0.25) is 0 Å². The van der Waals surface area contributed by atoms with Crippen LogP contribution in [0.15, 0.2) is 25.7 Å². The zero-order valence-corrected chi connectivity index (χ0v) is 7.95. The molecule has 0 rings (SSSR count). The number of ether oxygens (including phenoxy) is 2. The highest BCUT2D eigenvalue weighted by molar-refractivity contribution is 4.62. The summed E-state index contributed by atoms with van der Waals surface area (Å²) < 4.78 is 10.3. The van der Waals surface area contributed by atoms with E-state index >= 15 is 0 Å². The molecule has 0 heterocycles. The van der Waals surface area contributed by atoms with Gasteiger partial charge in [0.2, 0.25) is 0 Å². The minimum Gasteiger partial charge on any atom is -0.499 e. The van der Waals surface area contributed by atoms with Gasteiger partial charge in [0.05, 0.1) is 24.7 Å². The number of hydrogen-bond donors (Lipinski definition) is 0. The molecule has 0 radical (unpaired) electrons. The lowest BCUT2D eigenvalue weighted by Crippen LogP contribution is -2.10. The molecule has 12 heavy (non-hydrogen) atoms. The molecule has 0 N–H and O–H groups in total. The SMILES string of the molecule is C=COC(C)CCC(C)OC=C. The Labute approximate surface area is 74.9 Å². The Kier molecular flexibility index (Phi) is 6.25. The van der Waals surface area contributed by atoms with Gasteiger partial charge in [-0.2, -0.15) is 0 Å². The lowest BCUT2D eigenvalue weighted by atomic mass is 10.1. The second-order valence-corrected chi connectivity index (χ2v) is 2.80. The largest absolute Gasteiger partial charge is 0.499 e. The maximum atomic E-state index is 5.15. The highest BCUT2D eigenvalue weighted by Gasteiger charge is 2.05. The minimum absolute atomic E-state index is 0.221. The third kappa shape index (κ3) is 5.83. The van der Waals surface area contributed by atoms with Crippen molar-refractivity contribution in [3.05, 3.63) is 25.7 Å². The molecule has 0 saturated carbocycles. The fourth-order valence-electron chi connectivity index (χ4n) is 0.934. The monoisotopic (exact) mass is 170 g/mol. The summed E-state index contributed by atoms with van der Waals surface area (Å²) in [6, 6.07) is 0. The first-order valence-electron chi connectivity index (χ1n) is 4.23. The van der Waals surface area contributed by atoms with Crippen molar-refractivity contribution < 1.29 is 9.47 Å². The Balaban J connectivity index is 3.38. The van der Waals surface area contributed by atoms with Gasteiger partial charge in [-0.1, -0.05) is 13.2 Å². The minimum atomic E-state index is 0.221. The van der Waals surface area contributed by atoms with Gasteiger partial charge in [-0.25, -0.2) is 0 Å². The molecule has 70 valence electrons. The van der Waals surface area contributed by atoms with Crippen LogP contribution in [0.3, 0.4) is 0 Å². The molecule has 2 atom stereocenters. The van der Waals surface area contributed by atoms with Gasteiger partial charge in [-0.05, 0) is 26.7 Å². The van der Waals surface area contributed by atoms with Crippen LogP contribution in [0, 0.1) is 0 Å². The van der Waals surface area contributed by atoms with Crippen LogP contribution < -0.4 is 0 Å². The molecular formula is C10H18O2. The van der Waals surface area contributed by atoms with E-state index in [1.807, 2.05) is 13.8 Å². The molecule has 2 nitrogen and oxygen atoms in total. The Morgan fingerprint density at radius 1 is 1.00 bits per heavy atom. The summed E-state index contributed by atoms with van der Waals surface area (Å²) in [5.41, 5.74) is 0. The van der Waals surface area contributed by atoms with Gasteiger partial charge in [0.25, 0.3) is 0 Å². The van der Waals surface area contributed by atoms with E-state index in [4.69, 9.17) is 9.47 Å². The number of hydrogen-bond acceptors (Lipinski definition) is 2. The van der Waals surface area contributed by atoms with Gasteiger partial charge in [-0.15, -0.1) is 0 Å². The van der Waals surface area contributed by atoms with Crippen LogP contribution in [0.5, 0.6) is 0 Å². The predicted molar refractivity (Wildman–Crippen MR) is 50.7 cm³/mol. The number of rotatable bonds is 7. The highest BCUT2D eigenvalue weighted by atomic mass is 16.5. The van der Waals surface area contributed by atoms with Crippen LogP contribution in [0.2, 0.25) is 0 Å². The van der Waals surface area contributed by atoms with Crippen LogP contribution in [-0.2, 0) is 9.47 Å². The fourth-order valence-corrected chi connectivity index (χ4v) is 0.934. The van der Waals surface area contributed by atoms with E-state index in [1.54, 1.807) is 0 Å². The van der Waals surface area contributed by atoms with Crippen LogP contribution in [-0.4, -0.2) is 12.2 Å². The topological polar surface area (TPSA) is 18.5 Å². The van der Waals surface area contributed by atoms with E-state index < -0.39 is 0 Å². The summed E-state index contributed by atoms with van der Waals surface area (Å²) in [6.45, 7) is 11.0. The van der Waals surface area contributed by atoms with E-state index in [2.05, 4.69) is 13.2 Å². The summed E-state index contributed by atoms with van der Waals surface area (Å²) in [4.78, 5) is 0. The first-order valence-corrected chi connectivity index (χ1v) is 4.23. The normalized spacial score (nSPS) is 14.5. The van der Waals surface area contributed by atoms with Gasteiger partial charge >= 0.3 is 0 Å². The zero-order valence-electron chi connectivity index (χ0n) is 7.95. The summed E-state index contributed by atoms with van der Waals surface area (Å²) in [7, 11) is 0. The van der Waals surface area contributed by atoms with E-state index in [0.29, 0.717) is 0 Å². The van der Waals surface area contributed by atoms with Crippen LogP contribution in [0.4, 0.5) is 0 Å². The predicted octanol–water partition coefficient (Wildman–Crippen LogP) is 2.86. The van der Waals surface area contributed by atoms with E-state index in [0.717, 1.165) is 12.8 Å². The summed E-state index contributed by atoms with van der Waals surface area (Å²) in [6.07, 6.45) is 5.34. The second kappa shape index (κ2) is 6.77. The standard InChI is InChI=1S/C10H18O2/c1-5-11-9(3)7-8-10(4)12-6-2/h5-6,9-10H,1-2,7-8H2,3-4H3. The summed E-state index contributed by atoms with van der Waals surface area (Å²) in [5, 5.41) is 0. The van der Waals surface area contributed by atoms with E-state index in [9.17, 15) is 0 Å². The molecule has 2 unspecified atom stereocenters. The molecule has 0 aliphatic rings. The fraction of sp³-hybridized carbons (Fsp3) is 0.600. The van der Waals surface area contributed by atoms with Crippen molar-refractivity contribution in [1.82, 2.24) is 0 Å². The third-order valence-electron chi connectivity index (χ3n) is 1.64. The molecular weight excluding hydrogens is 152 g/mol. The van der Waals surface area contributed by atoms with Crippen molar-refractivity contribution in [3.8, 4) is 0 Å². The maximum Gasteiger partial charge on any atom is 0.0951 e. The van der Waals surface area contributed by atoms with Crippen molar-refractivity contribution in [2.45, 2.75) is 38.9 Å². The van der Waals surface area contributed by atoms with Gasteiger partial charge in [0.1, 0.15) is 0 Å². The smallest absolute Gasteiger partial charge is 0.0951 e. The first-order chi connectivity index (χ1) is 5.70. The Morgan fingerprint density at radius 3 is 1.58 bits per heavy atom. The quantitative estimate of drug-likeness (QED) is 0.547. The van der Waals surface area contributed by atoms with Crippen molar-refractivity contribution in [2.75, 3.05) is 0 Å². The molecule has 2 heteroatoms. The van der Waals surface area contributed by atoms with E-state index in [-0.39, 0.29) is 12.2 Å². The molecule has 0 saturated heterocycles. The van der Waals surface area contributed by atoms with Crippen LogP contribution in [0.25, 0.3) is 0 Å². The van der Waals surface area contributed by atoms with E-state index in [1.165, 1.54) is 12.5 Å². The van der Waals surface area contributed by atoms with Gasteiger partial charge in [0.15, 0.2) is 0 Å². The molecule has 0 aromatic rings. The molecule has 0 aromatic carbocycles. The van der Waals surface area contributed by atoms with Crippen LogP contribution in [0.1, 0.15) is 26.7 Å².